The Hall–Kier alpha value is -0.940. The van der Waals surface area contributed by atoms with Crippen LogP contribution in [0.1, 0.15) is 32.4 Å². The van der Waals surface area contributed by atoms with Crippen molar-refractivity contribution in [2.24, 2.45) is 5.41 Å². The molecule has 2 heterocycles. The molecule has 1 amide bonds. The maximum atomic E-state index is 12.2. The third-order valence-corrected chi connectivity index (χ3v) is 4.19. The van der Waals surface area contributed by atoms with Crippen LogP contribution in [-0.2, 0) is 11.2 Å². The lowest BCUT2D eigenvalue weighted by atomic mass is 9.77. The van der Waals surface area contributed by atoms with E-state index in [9.17, 15) is 4.79 Å². The van der Waals surface area contributed by atoms with E-state index in [2.05, 4.69) is 29.5 Å². The number of hydrogen-bond donors (Lipinski definition) is 2. The summed E-state index contributed by atoms with van der Waals surface area (Å²) in [6, 6.07) is -0.0679. The highest BCUT2D eigenvalue weighted by molar-refractivity contribution is 7.07. The molecule has 1 saturated heterocycles. The lowest BCUT2D eigenvalue weighted by Gasteiger charge is -2.38. The highest BCUT2D eigenvalue weighted by atomic mass is 32.1. The number of hydrogen-bond acceptors (Lipinski definition) is 4. The molecule has 0 saturated carbocycles. The fourth-order valence-corrected chi connectivity index (χ4v) is 3.03. The first-order valence-electron chi connectivity index (χ1n) is 6.48. The Morgan fingerprint density at radius 3 is 3.17 bits per heavy atom. The number of carbonyl (C=O) groups excluding carboxylic acids is 1. The maximum Gasteiger partial charge on any atom is 0.237 e. The number of nitrogens with one attached hydrogen (secondary N) is 2. The van der Waals surface area contributed by atoms with Gasteiger partial charge >= 0.3 is 0 Å². The van der Waals surface area contributed by atoms with Gasteiger partial charge in [-0.3, -0.25) is 4.79 Å². The average molecular weight is 267 g/mol. The summed E-state index contributed by atoms with van der Waals surface area (Å²) in [5, 5.41) is 8.36. The van der Waals surface area contributed by atoms with E-state index in [1.807, 2.05) is 10.9 Å². The number of nitrogens with zero attached hydrogens (tertiary/aromatic N) is 1. The van der Waals surface area contributed by atoms with Gasteiger partial charge in [0.05, 0.1) is 17.2 Å². The quantitative estimate of drug-likeness (QED) is 0.871. The van der Waals surface area contributed by atoms with Crippen molar-refractivity contribution in [3.05, 3.63) is 16.6 Å². The van der Waals surface area contributed by atoms with Gasteiger partial charge in [-0.1, -0.05) is 13.8 Å². The second-order valence-electron chi connectivity index (χ2n) is 5.50. The van der Waals surface area contributed by atoms with E-state index in [1.165, 1.54) is 0 Å². The molecule has 2 rings (SSSR count). The van der Waals surface area contributed by atoms with Crippen LogP contribution in [0.15, 0.2) is 10.9 Å². The number of piperidine rings is 1. The summed E-state index contributed by atoms with van der Waals surface area (Å²) in [5.74, 6) is 0.120. The first-order chi connectivity index (χ1) is 8.59. The monoisotopic (exact) mass is 267 g/mol. The molecule has 4 nitrogen and oxygen atoms in total. The van der Waals surface area contributed by atoms with Gasteiger partial charge in [0, 0.05) is 18.3 Å². The van der Waals surface area contributed by atoms with Crippen LogP contribution in [0.2, 0.25) is 0 Å². The number of aromatic nitrogens is 1. The van der Waals surface area contributed by atoms with Crippen molar-refractivity contribution < 1.29 is 4.79 Å². The number of amides is 1. The molecule has 1 aromatic heterocycles. The van der Waals surface area contributed by atoms with E-state index in [1.54, 1.807) is 11.3 Å². The molecule has 0 spiro atoms. The van der Waals surface area contributed by atoms with Crippen LogP contribution < -0.4 is 10.6 Å². The summed E-state index contributed by atoms with van der Waals surface area (Å²) >= 11 is 1.59. The molecule has 0 bridgehead atoms. The summed E-state index contributed by atoms with van der Waals surface area (Å²) in [6.07, 6.45) is 3.06. The minimum Gasteiger partial charge on any atom is -0.354 e. The Bertz CT molecular complexity index is 389. The maximum absolute atomic E-state index is 12.2. The molecule has 1 unspecified atom stereocenters. The molecule has 1 fully saturated rings. The standard InChI is InChI=1S/C13H21N3OS/c1-13(2)5-3-6-14-11(13)12(17)15-7-4-10-8-18-9-16-10/h8-9,11,14H,3-7H2,1-2H3,(H,15,17). The third kappa shape index (κ3) is 3.29. The lowest BCUT2D eigenvalue weighted by Crippen LogP contribution is -2.55. The van der Waals surface area contributed by atoms with Gasteiger partial charge in [0.2, 0.25) is 5.91 Å². The molecular formula is C13H21N3OS. The zero-order chi connectivity index (χ0) is 13.0. The fraction of sp³-hybridized carbons (Fsp3) is 0.692. The third-order valence-electron chi connectivity index (χ3n) is 3.55. The minimum atomic E-state index is -0.0679. The lowest BCUT2D eigenvalue weighted by molar-refractivity contribution is -0.126. The smallest absolute Gasteiger partial charge is 0.237 e. The van der Waals surface area contributed by atoms with Crippen LogP contribution >= 0.6 is 11.3 Å². The Morgan fingerprint density at radius 2 is 2.50 bits per heavy atom. The summed E-state index contributed by atoms with van der Waals surface area (Å²) in [5.41, 5.74) is 2.92. The van der Waals surface area contributed by atoms with Crippen molar-refractivity contribution in [1.82, 2.24) is 15.6 Å². The molecule has 1 aliphatic rings. The average Bonchev–Trinajstić information content (AvgIpc) is 2.81. The molecule has 2 N–H and O–H groups in total. The van der Waals surface area contributed by atoms with Crippen molar-refractivity contribution >= 4 is 17.2 Å². The molecule has 1 aromatic rings. The molecule has 5 heteroatoms. The summed E-state index contributed by atoms with van der Waals surface area (Å²) < 4.78 is 0. The summed E-state index contributed by atoms with van der Waals surface area (Å²) in [4.78, 5) is 16.4. The van der Waals surface area contributed by atoms with Gasteiger partial charge in [-0.15, -0.1) is 11.3 Å². The first kappa shape index (κ1) is 13.5. The van der Waals surface area contributed by atoms with E-state index in [-0.39, 0.29) is 17.4 Å². The second-order valence-corrected chi connectivity index (χ2v) is 6.22. The molecule has 1 atom stereocenters. The number of thiazole rings is 1. The van der Waals surface area contributed by atoms with Crippen LogP contribution in [0, 0.1) is 5.41 Å². The van der Waals surface area contributed by atoms with Crippen LogP contribution in [0.4, 0.5) is 0 Å². The van der Waals surface area contributed by atoms with Gasteiger partial charge in [-0.05, 0) is 24.8 Å². The second kappa shape index (κ2) is 5.80. The van der Waals surface area contributed by atoms with Crippen molar-refractivity contribution in [2.45, 2.75) is 39.2 Å². The van der Waals surface area contributed by atoms with Gasteiger partial charge in [-0.2, -0.15) is 0 Å². The van der Waals surface area contributed by atoms with Crippen LogP contribution in [0.5, 0.6) is 0 Å². The molecule has 0 aliphatic carbocycles. The Balaban J connectivity index is 1.80. The van der Waals surface area contributed by atoms with Gasteiger partial charge in [0.15, 0.2) is 0 Å². The van der Waals surface area contributed by atoms with E-state index < -0.39 is 0 Å². The zero-order valence-corrected chi connectivity index (χ0v) is 11.8. The Kier molecular flexibility index (Phi) is 4.35. The molecule has 18 heavy (non-hydrogen) atoms. The molecule has 1 aliphatic heterocycles. The van der Waals surface area contributed by atoms with Crippen molar-refractivity contribution in [1.29, 1.82) is 0 Å². The largest absolute Gasteiger partial charge is 0.354 e. The van der Waals surface area contributed by atoms with Gasteiger partial charge in [-0.25, -0.2) is 4.98 Å². The van der Waals surface area contributed by atoms with E-state index >= 15 is 0 Å². The zero-order valence-electron chi connectivity index (χ0n) is 11.0. The van der Waals surface area contributed by atoms with E-state index in [4.69, 9.17) is 0 Å². The van der Waals surface area contributed by atoms with Crippen molar-refractivity contribution in [3.8, 4) is 0 Å². The van der Waals surface area contributed by atoms with Gasteiger partial charge in [0.25, 0.3) is 0 Å². The first-order valence-corrected chi connectivity index (χ1v) is 7.42. The topological polar surface area (TPSA) is 54.0 Å². The van der Waals surface area contributed by atoms with Crippen LogP contribution in [-0.4, -0.2) is 30.0 Å². The summed E-state index contributed by atoms with van der Waals surface area (Å²) in [6.45, 7) is 5.91. The predicted molar refractivity (Wildman–Crippen MR) is 73.6 cm³/mol. The van der Waals surface area contributed by atoms with E-state index in [0.29, 0.717) is 6.54 Å². The van der Waals surface area contributed by atoms with E-state index in [0.717, 1.165) is 31.5 Å². The highest BCUT2D eigenvalue weighted by Gasteiger charge is 2.36. The minimum absolute atomic E-state index is 0.0446. The highest BCUT2D eigenvalue weighted by Crippen LogP contribution is 2.29. The Morgan fingerprint density at radius 1 is 1.67 bits per heavy atom. The molecular weight excluding hydrogens is 246 g/mol. The van der Waals surface area contributed by atoms with Crippen molar-refractivity contribution in [3.63, 3.8) is 0 Å². The van der Waals surface area contributed by atoms with Crippen LogP contribution in [0.25, 0.3) is 0 Å². The van der Waals surface area contributed by atoms with Gasteiger partial charge < -0.3 is 10.6 Å². The summed E-state index contributed by atoms with van der Waals surface area (Å²) in [7, 11) is 0. The van der Waals surface area contributed by atoms with Crippen LogP contribution in [0.3, 0.4) is 0 Å². The SMILES string of the molecule is CC1(C)CCCNC1C(=O)NCCc1cscn1. The number of carbonyl (C=O) groups is 1. The normalized spacial score (nSPS) is 22.7. The fourth-order valence-electron chi connectivity index (χ4n) is 2.44. The van der Waals surface area contributed by atoms with Crippen molar-refractivity contribution in [2.75, 3.05) is 13.1 Å². The number of rotatable bonds is 4. The van der Waals surface area contributed by atoms with Gasteiger partial charge in [0.1, 0.15) is 0 Å². The molecule has 0 aromatic carbocycles. The molecule has 0 radical (unpaired) electrons. The Labute approximate surface area is 112 Å². The predicted octanol–water partition coefficient (Wildman–Crippen LogP) is 1.58. The molecule has 100 valence electrons.